The molecule has 0 aliphatic heterocycles. The second kappa shape index (κ2) is 7.64. The number of carboxylic acid groups (broad SMARTS) is 1. The van der Waals surface area contributed by atoms with Crippen LogP contribution in [0.2, 0.25) is 0 Å². The monoisotopic (exact) mass is 321 g/mol. The van der Waals surface area contributed by atoms with Crippen molar-refractivity contribution in [3.63, 3.8) is 0 Å². The predicted molar refractivity (Wildman–Crippen MR) is 68.5 cm³/mol. The van der Waals surface area contributed by atoms with Gasteiger partial charge in [0, 0.05) is 19.2 Å². The first-order valence-electron chi connectivity index (χ1n) is 6.08. The Hall–Kier alpha value is -2.29. The highest BCUT2D eigenvalue weighted by Crippen LogP contribution is 2.23. The molecule has 0 heterocycles. The molecule has 0 aromatic heterocycles. The number of aliphatic carboxylic acids is 1. The number of ether oxygens (including phenoxy) is 2. The van der Waals surface area contributed by atoms with Gasteiger partial charge in [-0.2, -0.15) is 0 Å². The number of hydrogen-bond acceptors (Lipinski definition) is 4. The average Bonchev–Trinajstić information content (AvgIpc) is 2.40. The number of carboxylic acids is 1. The predicted octanol–water partition coefficient (Wildman–Crippen LogP) is 1.76. The van der Waals surface area contributed by atoms with Gasteiger partial charge >= 0.3 is 12.3 Å². The Morgan fingerprint density at radius 1 is 1.32 bits per heavy atom. The van der Waals surface area contributed by atoms with Crippen LogP contribution in [-0.2, 0) is 9.53 Å². The second-order valence-corrected chi connectivity index (χ2v) is 4.19. The molecule has 1 aromatic carbocycles. The zero-order chi connectivity index (χ0) is 16.8. The molecule has 1 aromatic rings. The Morgan fingerprint density at radius 3 is 2.55 bits per heavy atom. The summed E-state index contributed by atoms with van der Waals surface area (Å²) in [7, 11) is 1.38. The molecule has 0 radical (unpaired) electrons. The molecule has 122 valence electrons. The van der Waals surface area contributed by atoms with Gasteiger partial charge in [-0.25, -0.2) is 0 Å². The van der Waals surface area contributed by atoms with Gasteiger partial charge in [-0.05, 0) is 18.2 Å². The molecule has 0 atom stereocenters. The van der Waals surface area contributed by atoms with E-state index in [2.05, 4.69) is 4.74 Å². The van der Waals surface area contributed by atoms with Crippen molar-refractivity contribution < 1.29 is 37.3 Å². The van der Waals surface area contributed by atoms with Crippen LogP contribution in [0.1, 0.15) is 10.4 Å². The highest BCUT2D eigenvalue weighted by Gasteiger charge is 2.31. The quantitative estimate of drug-likeness (QED) is 0.828. The molecule has 0 saturated heterocycles. The molecule has 0 aliphatic rings. The average molecular weight is 321 g/mol. The number of amides is 1. The molecule has 0 spiro atoms. The van der Waals surface area contributed by atoms with E-state index >= 15 is 0 Å². The van der Waals surface area contributed by atoms with Gasteiger partial charge in [-0.1, -0.05) is 6.07 Å². The largest absolute Gasteiger partial charge is 0.573 e. The van der Waals surface area contributed by atoms with E-state index in [0.717, 1.165) is 17.0 Å². The molecule has 1 amide bonds. The molecule has 0 fully saturated rings. The molecule has 1 N–H and O–H groups in total. The van der Waals surface area contributed by atoms with Gasteiger partial charge in [0.25, 0.3) is 5.91 Å². The van der Waals surface area contributed by atoms with E-state index in [4.69, 9.17) is 9.84 Å². The summed E-state index contributed by atoms with van der Waals surface area (Å²) in [6, 6.07) is 4.43. The number of benzene rings is 1. The van der Waals surface area contributed by atoms with Crippen LogP contribution in [0.4, 0.5) is 13.2 Å². The summed E-state index contributed by atoms with van der Waals surface area (Å²) in [5, 5.41) is 8.78. The molecular weight excluding hydrogens is 307 g/mol. The molecule has 6 nitrogen and oxygen atoms in total. The third kappa shape index (κ3) is 6.00. The minimum absolute atomic E-state index is 0.00795. The summed E-state index contributed by atoms with van der Waals surface area (Å²) in [5.41, 5.74) is -0.112. The van der Waals surface area contributed by atoms with E-state index in [1.807, 2.05) is 0 Å². The molecule has 0 saturated carbocycles. The zero-order valence-electron chi connectivity index (χ0n) is 11.6. The van der Waals surface area contributed by atoms with Crippen LogP contribution in [0.5, 0.6) is 5.75 Å². The molecule has 0 aliphatic carbocycles. The standard InChI is InChI=1S/C13H14F3NO5/c1-21-6-5-17(8-11(18)19)12(20)9-3-2-4-10(7-9)22-13(14,15)16/h2-4,7H,5-6,8H2,1H3,(H,18,19). The number of carbonyl (C=O) groups is 2. The fraction of sp³-hybridized carbons (Fsp3) is 0.385. The number of hydrogen-bond donors (Lipinski definition) is 1. The Bertz CT molecular complexity index is 533. The fourth-order valence-electron chi connectivity index (χ4n) is 1.63. The molecule has 0 bridgehead atoms. The summed E-state index contributed by atoms with van der Waals surface area (Å²) in [6.45, 7) is -0.504. The second-order valence-electron chi connectivity index (χ2n) is 4.19. The van der Waals surface area contributed by atoms with Crippen LogP contribution in [0.3, 0.4) is 0 Å². The first-order chi connectivity index (χ1) is 10.2. The van der Waals surface area contributed by atoms with Gasteiger partial charge in [-0.3, -0.25) is 9.59 Å². The normalized spacial score (nSPS) is 11.1. The maximum atomic E-state index is 12.2. The van der Waals surface area contributed by atoms with Gasteiger partial charge in [0.05, 0.1) is 6.61 Å². The fourth-order valence-corrected chi connectivity index (χ4v) is 1.63. The number of halogens is 3. The SMILES string of the molecule is COCCN(CC(=O)O)C(=O)c1cccc(OC(F)(F)F)c1. The highest BCUT2D eigenvalue weighted by molar-refractivity contribution is 5.96. The highest BCUT2D eigenvalue weighted by atomic mass is 19.4. The smallest absolute Gasteiger partial charge is 0.480 e. The Labute approximate surface area is 124 Å². The molecular formula is C13H14F3NO5. The Morgan fingerprint density at radius 2 is 2.00 bits per heavy atom. The lowest BCUT2D eigenvalue weighted by Gasteiger charge is -2.20. The number of rotatable bonds is 7. The van der Waals surface area contributed by atoms with Crippen LogP contribution in [-0.4, -0.2) is 55.1 Å². The van der Waals surface area contributed by atoms with Crippen molar-refractivity contribution in [3.05, 3.63) is 29.8 Å². The topological polar surface area (TPSA) is 76.1 Å². The number of carbonyl (C=O) groups excluding carboxylic acids is 1. The van der Waals surface area contributed by atoms with Crippen LogP contribution in [0, 0.1) is 0 Å². The van der Waals surface area contributed by atoms with E-state index in [1.54, 1.807) is 0 Å². The van der Waals surface area contributed by atoms with Crippen molar-refractivity contribution in [1.29, 1.82) is 0 Å². The van der Waals surface area contributed by atoms with Gasteiger partial charge < -0.3 is 19.5 Å². The van der Waals surface area contributed by atoms with Crippen molar-refractivity contribution in [2.75, 3.05) is 26.8 Å². The van der Waals surface area contributed by atoms with Crippen molar-refractivity contribution in [2.24, 2.45) is 0 Å². The lowest BCUT2D eigenvalue weighted by Crippen LogP contribution is -2.38. The summed E-state index contributed by atoms with van der Waals surface area (Å²) < 4.78 is 45.0. The summed E-state index contributed by atoms with van der Waals surface area (Å²) in [4.78, 5) is 23.9. The van der Waals surface area contributed by atoms with Crippen LogP contribution in [0.15, 0.2) is 24.3 Å². The van der Waals surface area contributed by atoms with E-state index < -0.39 is 30.5 Å². The van der Waals surface area contributed by atoms with E-state index in [-0.39, 0.29) is 18.7 Å². The first kappa shape index (κ1) is 17.8. The summed E-state index contributed by atoms with van der Waals surface area (Å²) in [5.74, 6) is -2.53. The lowest BCUT2D eigenvalue weighted by atomic mass is 10.2. The molecule has 0 unspecified atom stereocenters. The Balaban J connectivity index is 2.93. The van der Waals surface area contributed by atoms with Crippen molar-refractivity contribution in [2.45, 2.75) is 6.36 Å². The number of alkyl halides is 3. The zero-order valence-corrected chi connectivity index (χ0v) is 11.6. The van der Waals surface area contributed by atoms with Crippen LogP contribution < -0.4 is 4.74 Å². The lowest BCUT2D eigenvalue weighted by molar-refractivity contribution is -0.274. The van der Waals surface area contributed by atoms with Gasteiger partial charge in [0.1, 0.15) is 12.3 Å². The third-order valence-electron chi connectivity index (χ3n) is 2.49. The third-order valence-corrected chi connectivity index (χ3v) is 2.49. The summed E-state index contributed by atoms with van der Waals surface area (Å²) >= 11 is 0. The van der Waals surface area contributed by atoms with Gasteiger partial charge in [0.2, 0.25) is 0 Å². The number of methoxy groups -OCH3 is 1. The minimum Gasteiger partial charge on any atom is -0.480 e. The summed E-state index contributed by atoms with van der Waals surface area (Å²) in [6.07, 6.45) is -4.88. The van der Waals surface area contributed by atoms with Crippen molar-refractivity contribution >= 4 is 11.9 Å². The molecule has 1 rings (SSSR count). The van der Waals surface area contributed by atoms with Crippen LogP contribution >= 0.6 is 0 Å². The van der Waals surface area contributed by atoms with E-state index in [1.165, 1.54) is 19.2 Å². The number of nitrogens with zero attached hydrogens (tertiary/aromatic N) is 1. The maximum Gasteiger partial charge on any atom is 0.573 e. The maximum absolute atomic E-state index is 12.2. The Kier molecular flexibility index (Phi) is 6.17. The molecule has 9 heteroatoms. The van der Waals surface area contributed by atoms with Crippen molar-refractivity contribution in [3.8, 4) is 5.75 Å². The minimum atomic E-state index is -4.88. The van der Waals surface area contributed by atoms with Gasteiger partial charge in [0.15, 0.2) is 0 Å². The van der Waals surface area contributed by atoms with Gasteiger partial charge in [-0.15, -0.1) is 13.2 Å². The first-order valence-corrected chi connectivity index (χ1v) is 6.08. The van der Waals surface area contributed by atoms with E-state index in [9.17, 15) is 22.8 Å². The van der Waals surface area contributed by atoms with Crippen LogP contribution in [0.25, 0.3) is 0 Å². The van der Waals surface area contributed by atoms with Crippen molar-refractivity contribution in [1.82, 2.24) is 4.90 Å². The van der Waals surface area contributed by atoms with E-state index in [0.29, 0.717) is 0 Å². The molecule has 22 heavy (non-hydrogen) atoms.